The van der Waals surface area contributed by atoms with Gasteiger partial charge in [0.05, 0.1) is 0 Å². The number of amides is 1. The molecule has 0 atom stereocenters. The maximum absolute atomic E-state index is 12.5. The normalized spacial score (nSPS) is 11.7. The molecule has 0 aliphatic heterocycles. The van der Waals surface area contributed by atoms with E-state index in [-0.39, 0.29) is 27.8 Å². The van der Waals surface area contributed by atoms with E-state index in [0.29, 0.717) is 0 Å². The second-order valence-corrected chi connectivity index (χ2v) is 9.07. The van der Waals surface area contributed by atoms with Crippen LogP contribution >= 0.6 is 11.3 Å². The maximum Gasteiger partial charge on any atom is 0.270 e. The van der Waals surface area contributed by atoms with Gasteiger partial charge in [-0.05, 0) is 29.5 Å². The summed E-state index contributed by atoms with van der Waals surface area (Å²) < 4.78 is 27.4. The van der Waals surface area contributed by atoms with E-state index in [4.69, 9.17) is 0 Å². The smallest absolute Gasteiger partial charge is 0.270 e. The number of anilines is 1. The van der Waals surface area contributed by atoms with E-state index in [1.54, 1.807) is 13.8 Å². The molecular weight excluding hydrogens is 372 g/mol. The molecule has 0 unspecified atom stereocenters. The third-order valence-electron chi connectivity index (χ3n) is 3.90. The van der Waals surface area contributed by atoms with E-state index in [9.17, 15) is 13.2 Å². The van der Waals surface area contributed by atoms with Crippen molar-refractivity contribution in [1.29, 1.82) is 0 Å². The minimum Gasteiger partial charge on any atom is -0.300 e. The van der Waals surface area contributed by atoms with Crippen LogP contribution in [0.15, 0.2) is 22.5 Å². The van der Waals surface area contributed by atoms with Gasteiger partial charge in [0, 0.05) is 12.5 Å². The Balaban J connectivity index is 2.12. The zero-order chi connectivity index (χ0) is 19.3. The zero-order valence-electron chi connectivity index (χ0n) is 15.4. The van der Waals surface area contributed by atoms with E-state index in [1.807, 2.05) is 19.1 Å². The number of sulfonamides is 1. The molecule has 0 bridgehead atoms. The van der Waals surface area contributed by atoms with Crippen LogP contribution in [0, 0.1) is 5.92 Å². The first-order chi connectivity index (χ1) is 12.3. The fourth-order valence-electron chi connectivity index (χ4n) is 2.26. The molecule has 1 amide bonds. The van der Waals surface area contributed by atoms with Crippen LogP contribution in [0.3, 0.4) is 0 Å². The molecule has 7 nitrogen and oxygen atoms in total. The van der Waals surface area contributed by atoms with E-state index < -0.39 is 10.0 Å². The van der Waals surface area contributed by atoms with Crippen molar-refractivity contribution in [1.82, 2.24) is 14.9 Å². The van der Waals surface area contributed by atoms with E-state index in [0.717, 1.165) is 40.9 Å². The highest BCUT2D eigenvalue weighted by Gasteiger charge is 2.21. The molecule has 1 aromatic carbocycles. The minimum absolute atomic E-state index is 0.166. The Morgan fingerprint density at radius 3 is 2.50 bits per heavy atom. The third-order valence-corrected chi connectivity index (χ3v) is 6.51. The van der Waals surface area contributed by atoms with Gasteiger partial charge in [0.2, 0.25) is 15.4 Å². The molecule has 0 saturated carbocycles. The summed E-state index contributed by atoms with van der Waals surface area (Å²) in [4.78, 5) is 11.7. The van der Waals surface area contributed by atoms with Gasteiger partial charge in [-0.25, -0.2) is 13.1 Å². The van der Waals surface area contributed by atoms with Gasteiger partial charge in [-0.2, -0.15) is 0 Å². The largest absolute Gasteiger partial charge is 0.300 e. The van der Waals surface area contributed by atoms with Crippen LogP contribution in [0.4, 0.5) is 5.13 Å². The number of hydrogen-bond donors (Lipinski definition) is 2. The number of carbonyl (C=O) groups is 1. The molecule has 0 aliphatic carbocycles. The van der Waals surface area contributed by atoms with Crippen molar-refractivity contribution in [2.75, 3.05) is 5.32 Å². The minimum atomic E-state index is -3.79. The van der Waals surface area contributed by atoms with Crippen molar-refractivity contribution in [3.63, 3.8) is 0 Å². The first kappa shape index (κ1) is 20.5. The number of nitrogens with zero attached hydrogens (tertiary/aromatic N) is 2. The first-order valence-electron chi connectivity index (χ1n) is 8.51. The molecule has 2 rings (SSSR count). The number of rotatable bonds is 8. The molecule has 0 aliphatic rings. The van der Waals surface area contributed by atoms with Gasteiger partial charge in [0.25, 0.3) is 10.0 Å². The number of carbonyl (C=O) groups excluding carboxylic acids is 1. The van der Waals surface area contributed by atoms with Gasteiger partial charge < -0.3 is 5.32 Å². The summed E-state index contributed by atoms with van der Waals surface area (Å²) in [6, 6.07) is 6.12. The quantitative estimate of drug-likeness (QED) is 0.668. The summed E-state index contributed by atoms with van der Waals surface area (Å²) in [5.74, 6) is -0.461. The highest BCUT2D eigenvalue weighted by atomic mass is 32.2. The Bertz CT molecular complexity index is 876. The molecule has 26 heavy (non-hydrogen) atoms. The van der Waals surface area contributed by atoms with Gasteiger partial charge in [0.1, 0.15) is 0 Å². The van der Waals surface area contributed by atoms with Crippen molar-refractivity contribution in [2.24, 2.45) is 5.92 Å². The lowest BCUT2D eigenvalue weighted by molar-refractivity contribution is -0.118. The molecule has 0 saturated heterocycles. The summed E-state index contributed by atoms with van der Waals surface area (Å²) in [5, 5.41) is 10.2. The highest BCUT2D eigenvalue weighted by Crippen LogP contribution is 2.21. The average molecular weight is 397 g/mol. The number of nitrogens with one attached hydrogen (secondary N) is 2. The summed E-state index contributed by atoms with van der Waals surface area (Å²) in [6.07, 6.45) is 1.71. The summed E-state index contributed by atoms with van der Waals surface area (Å²) in [6.45, 7) is 7.76. The highest BCUT2D eigenvalue weighted by molar-refractivity contribution is 7.91. The van der Waals surface area contributed by atoms with Crippen molar-refractivity contribution in [3.8, 4) is 0 Å². The Morgan fingerprint density at radius 1 is 1.15 bits per heavy atom. The predicted molar refractivity (Wildman–Crippen MR) is 103 cm³/mol. The Hall–Kier alpha value is -1.84. The van der Waals surface area contributed by atoms with Gasteiger partial charge in [-0.1, -0.05) is 57.2 Å². The topological polar surface area (TPSA) is 101 Å². The van der Waals surface area contributed by atoms with Crippen LogP contribution in [0.5, 0.6) is 0 Å². The van der Waals surface area contributed by atoms with Gasteiger partial charge in [-0.15, -0.1) is 10.2 Å². The number of benzene rings is 1. The van der Waals surface area contributed by atoms with Crippen LogP contribution in [-0.2, 0) is 34.2 Å². The number of aryl methyl sites for hydroxylation is 2. The van der Waals surface area contributed by atoms with Crippen LogP contribution < -0.4 is 10.0 Å². The summed E-state index contributed by atoms with van der Waals surface area (Å²) >= 11 is 0.834. The lowest BCUT2D eigenvalue weighted by Gasteiger charge is -2.10. The average Bonchev–Trinajstić information content (AvgIpc) is 3.09. The van der Waals surface area contributed by atoms with Crippen LogP contribution in [-0.4, -0.2) is 24.5 Å². The van der Waals surface area contributed by atoms with Crippen molar-refractivity contribution in [2.45, 2.75) is 51.4 Å². The fraction of sp³-hybridized carbons (Fsp3) is 0.471. The molecule has 1 aromatic heterocycles. The second-order valence-electron chi connectivity index (χ2n) is 6.15. The summed E-state index contributed by atoms with van der Waals surface area (Å²) in [7, 11) is -3.79. The SMILES string of the molecule is CCc1ccc(CC)c(CNS(=O)(=O)c2nnc(NC(=O)C(C)C)s2)c1. The number of hydrogen-bond acceptors (Lipinski definition) is 6. The summed E-state index contributed by atoms with van der Waals surface area (Å²) in [5.41, 5.74) is 3.21. The predicted octanol–water partition coefficient (Wildman–Crippen LogP) is 2.74. The lowest BCUT2D eigenvalue weighted by Crippen LogP contribution is -2.23. The molecule has 9 heteroatoms. The molecule has 0 radical (unpaired) electrons. The van der Waals surface area contributed by atoms with Crippen LogP contribution in [0.25, 0.3) is 0 Å². The van der Waals surface area contributed by atoms with Gasteiger partial charge in [-0.3, -0.25) is 4.79 Å². The fourth-order valence-corrected chi connectivity index (χ4v) is 4.21. The molecule has 142 valence electrons. The Labute approximate surface area is 158 Å². The number of aromatic nitrogens is 2. The standard InChI is InChI=1S/C17H24N4O3S2/c1-5-12-7-8-13(6-2)14(9-12)10-18-26(23,24)17-21-20-16(25-17)19-15(22)11(3)4/h7-9,11,18H,5-6,10H2,1-4H3,(H,19,20,22). The Morgan fingerprint density at radius 2 is 1.88 bits per heavy atom. The zero-order valence-corrected chi connectivity index (χ0v) is 17.0. The first-order valence-corrected chi connectivity index (χ1v) is 10.8. The monoisotopic (exact) mass is 396 g/mol. The van der Waals surface area contributed by atoms with Crippen LogP contribution in [0.2, 0.25) is 0 Å². The van der Waals surface area contributed by atoms with Crippen molar-refractivity contribution < 1.29 is 13.2 Å². The van der Waals surface area contributed by atoms with Crippen molar-refractivity contribution >= 4 is 32.4 Å². The molecule has 1 heterocycles. The van der Waals surface area contributed by atoms with Gasteiger partial charge in [0.15, 0.2) is 0 Å². The molecular formula is C17H24N4O3S2. The lowest BCUT2D eigenvalue weighted by atomic mass is 10.0. The van der Waals surface area contributed by atoms with Crippen molar-refractivity contribution in [3.05, 3.63) is 34.9 Å². The maximum atomic E-state index is 12.5. The second kappa shape index (κ2) is 8.70. The molecule has 0 spiro atoms. The van der Waals surface area contributed by atoms with Gasteiger partial charge >= 0.3 is 0 Å². The molecule has 0 fully saturated rings. The molecule has 2 aromatic rings. The molecule has 2 N–H and O–H groups in total. The Kier molecular flexibility index (Phi) is 6.85. The van der Waals surface area contributed by atoms with Crippen LogP contribution in [0.1, 0.15) is 44.4 Å². The van der Waals surface area contributed by atoms with E-state index >= 15 is 0 Å². The van der Waals surface area contributed by atoms with E-state index in [1.165, 1.54) is 0 Å². The third kappa shape index (κ3) is 5.09. The van der Waals surface area contributed by atoms with E-state index in [2.05, 4.69) is 33.2 Å².